The van der Waals surface area contributed by atoms with Gasteiger partial charge in [0.15, 0.2) is 0 Å². The normalized spacial score (nSPS) is 18.6. The zero-order valence-electron chi connectivity index (χ0n) is 15.8. The van der Waals surface area contributed by atoms with Crippen molar-refractivity contribution in [3.8, 4) is 11.8 Å². The van der Waals surface area contributed by atoms with Crippen LogP contribution in [0, 0.1) is 17.8 Å². The number of benzene rings is 3. The van der Waals surface area contributed by atoms with E-state index in [9.17, 15) is 0 Å². The molecule has 3 aromatic rings. The summed E-state index contributed by atoms with van der Waals surface area (Å²) in [6.45, 7) is 2.28. The summed E-state index contributed by atoms with van der Waals surface area (Å²) < 4.78 is 0. The van der Waals surface area contributed by atoms with Gasteiger partial charge in [0, 0.05) is 16.5 Å². The predicted molar refractivity (Wildman–Crippen MR) is 116 cm³/mol. The molecule has 3 aromatic carbocycles. The lowest BCUT2D eigenvalue weighted by molar-refractivity contribution is 0.386. The number of hydrogen-bond acceptors (Lipinski definition) is 0. The zero-order valence-corrected chi connectivity index (χ0v) is 16.6. The summed E-state index contributed by atoms with van der Waals surface area (Å²) in [6, 6.07) is 21.2. The van der Waals surface area contributed by atoms with Crippen LogP contribution in [0.25, 0.3) is 10.8 Å². The highest BCUT2D eigenvalue weighted by molar-refractivity contribution is 6.30. The molecule has 0 radical (unpaired) electrons. The highest BCUT2D eigenvalue weighted by Crippen LogP contribution is 2.41. The molecule has 0 fully saturated rings. The molecule has 1 aliphatic rings. The van der Waals surface area contributed by atoms with Crippen LogP contribution in [0.15, 0.2) is 60.7 Å². The maximum absolute atomic E-state index is 6.02. The molecule has 4 rings (SSSR count). The Bertz CT molecular complexity index is 988. The van der Waals surface area contributed by atoms with E-state index in [0.717, 1.165) is 10.6 Å². The molecular weight excluding hydrogens is 348 g/mol. The fraction of sp³-hybridized carbons (Fsp3) is 0.308. The third-order valence-corrected chi connectivity index (χ3v) is 6.05. The molecule has 0 bridgehead atoms. The van der Waals surface area contributed by atoms with E-state index in [2.05, 4.69) is 55.2 Å². The van der Waals surface area contributed by atoms with Crippen LogP contribution in [0.4, 0.5) is 0 Å². The monoisotopic (exact) mass is 372 g/mol. The van der Waals surface area contributed by atoms with Gasteiger partial charge in [0.2, 0.25) is 0 Å². The number of halogens is 1. The molecule has 136 valence electrons. The van der Waals surface area contributed by atoms with Gasteiger partial charge in [-0.15, -0.1) is 0 Å². The molecular formula is C26H25Cl. The van der Waals surface area contributed by atoms with Gasteiger partial charge in [-0.2, -0.15) is 0 Å². The van der Waals surface area contributed by atoms with E-state index in [1.165, 1.54) is 54.0 Å². The number of hydrogen-bond donors (Lipinski definition) is 0. The largest absolute Gasteiger partial charge is 0.0894 e. The third kappa shape index (κ3) is 3.90. The number of unbranched alkanes of at least 4 members (excludes halogenated alkanes) is 1. The van der Waals surface area contributed by atoms with E-state index in [-0.39, 0.29) is 0 Å². The zero-order chi connectivity index (χ0) is 18.6. The summed E-state index contributed by atoms with van der Waals surface area (Å²) in [4.78, 5) is 0. The standard InChI is InChI=1S/C26H25Cl/c1-2-3-6-20-12-17-25-23-8-5-4-7-21(23)13-18-26(25)24(20)16-11-19-9-14-22(27)15-10-19/h4-5,7-10,13-15,18,20,24H,2-3,6,12,17H2,1H3/t20-,24+/m1/s1. The van der Waals surface area contributed by atoms with E-state index in [1.807, 2.05) is 24.3 Å². The lowest BCUT2D eigenvalue weighted by atomic mass is 9.72. The topological polar surface area (TPSA) is 0 Å². The van der Waals surface area contributed by atoms with Crippen LogP contribution < -0.4 is 0 Å². The molecule has 27 heavy (non-hydrogen) atoms. The van der Waals surface area contributed by atoms with Crippen molar-refractivity contribution in [2.45, 2.75) is 44.9 Å². The molecule has 0 saturated carbocycles. The Morgan fingerprint density at radius 2 is 1.81 bits per heavy atom. The Kier molecular flexibility index (Phi) is 5.51. The molecule has 1 aliphatic carbocycles. The maximum Gasteiger partial charge on any atom is 0.0487 e. The fourth-order valence-corrected chi connectivity index (χ4v) is 4.47. The Morgan fingerprint density at radius 1 is 1.00 bits per heavy atom. The molecule has 2 atom stereocenters. The van der Waals surface area contributed by atoms with Crippen molar-refractivity contribution in [1.29, 1.82) is 0 Å². The molecule has 0 unspecified atom stereocenters. The second kappa shape index (κ2) is 8.20. The van der Waals surface area contributed by atoms with E-state index < -0.39 is 0 Å². The Labute approximate surface area is 167 Å². The Balaban J connectivity index is 1.75. The summed E-state index contributed by atoms with van der Waals surface area (Å²) in [6.07, 6.45) is 6.21. The van der Waals surface area contributed by atoms with Gasteiger partial charge < -0.3 is 0 Å². The fourth-order valence-electron chi connectivity index (χ4n) is 4.34. The first kappa shape index (κ1) is 18.1. The SMILES string of the molecule is CCCC[C@@H]1CCc2c(ccc3ccccc23)[C@H]1C#Cc1ccc(Cl)cc1. The van der Waals surface area contributed by atoms with Gasteiger partial charge in [0.1, 0.15) is 0 Å². The Morgan fingerprint density at radius 3 is 2.63 bits per heavy atom. The first-order chi connectivity index (χ1) is 13.3. The van der Waals surface area contributed by atoms with Crippen LogP contribution in [0.3, 0.4) is 0 Å². The first-order valence-electron chi connectivity index (χ1n) is 10.0. The molecule has 0 spiro atoms. The van der Waals surface area contributed by atoms with Gasteiger partial charge in [-0.25, -0.2) is 0 Å². The lowest BCUT2D eigenvalue weighted by Crippen LogP contribution is -2.20. The number of fused-ring (bicyclic) bond motifs is 3. The smallest absolute Gasteiger partial charge is 0.0487 e. The molecule has 0 aliphatic heterocycles. The summed E-state index contributed by atoms with van der Waals surface area (Å²) in [5.74, 6) is 8.04. The highest BCUT2D eigenvalue weighted by Gasteiger charge is 2.28. The van der Waals surface area contributed by atoms with Crippen molar-refractivity contribution in [3.63, 3.8) is 0 Å². The average molecular weight is 373 g/mol. The third-order valence-electron chi connectivity index (χ3n) is 5.79. The minimum Gasteiger partial charge on any atom is -0.0894 e. The van der Waals surface area contributed by atoms with Gasteiger partial charge in [-0.3, -0.25) is 0 Å². The van der Waals surface area contributed by atoms with E-state index >= 15 is 0 Å². The quantitative estimate of drug-likeness (QED) is 0.420. The molecule has 1 heteroatoms. The van der Waals surface area contributed by atoms with Gasteiger partial charge in [0.05, 0.1) is 0 Å². The molecule has 0 aromatic heterocycles. The van der Waals surface area contributed by atoms with Crippen molar-refractivity contribution < 1.29 is 0 Å². The van der Waals surface area contributed by atoms with Gasteiger partial charge >= 0.3 is 0 Å². The van der Waals surface area contributed by atoms with Crippen LogP contribution in [-0.4, -0.2) is 0 Å². The molecule has 0 nitrogen and oxygen atoms in total. The average Bonchev–Trinajstić information content (AvgIpc) is 2.71. The van der Waals surface area contributed by atoms with E-state index in [0.29, 0.717) is 11.8 Å². The molecule has 0 saturated heterocycles. The molecule has 0 amide bonds. The second-order valence-corrected chi connectivity index (χ2v) is 7.99. The first-order valence-corrected chi connectivity index (χ1v) is 10.4. The summed E-state index contributed by atoms with van der Waals surface area (Å²) in [7, 11) is 0. The van der Waals surface area contributed by atoms with E-state index in [4.69, 9.17) is 11.6 Å². The van der Waals surface area contributed by atoms with E-state index in [1.54, 1.807) is 0 Å². The minimum atomic E-state index is 0.320. The summed E-state index contributed by atoms with van der Waals surface area (Å²) >= 11 is 6.02. The molecule has 0 N–H and O–H groups in total. The van der Waals surface area contributed by atoms with Gasteiger partial charge in [-0.1, -0.05) is 79.6 Å². The molecule has 0 heterocycles. The van der Waals surface area contributed by atoms with Crippen LogP contribution in [0.2, 0.25) is 5.02 Å². The maximum atomic E-state index is 6.02. The van der Waals surface area contributed by atoms with Crippen LogP contribution >= 0.6 is 11.6 Å². The van der Waals surface area contributed by atoms with Crippen LogP contribution in [-0.2, 0) is 6.42 Å². The van der Waals surface area contributed by atoms with Crippen molar-refractivity contribution >= 4 is 22.4 Å². The van der Waals surface area contributed by atoms with Gasteiger partial charge in [0.25, 0.3) is 0 Å². The summed E-state index contributed by atoms with van der Waals surface area (Å²) in [5.41, 5.74) is 4.00. The number of aryl methyl sites for hydroxylation is 1. The Hall–Kier alpha value is -2.23. The predicted octanol–water partition coefficient (Wildman–Crippen LogP) is 7.38. The van der Waals surface area contributed by atoms with Crippen LogP contribution in [0.5, 0.6) is 0 Å². The number of rotatable bonds is 3. The summed E-state index contributed by atoms with van der Waals surface area (Å²) in [5, 5.41) is 3.51. The van der Waals surface area contributed by atoms with Gasteiger partial charge in [-0.05, 0) is 71.3 Å². The van der Waals surface area contributed by atoms with Crippen molar-refractivity contribution in [1.82, 2.24) is 0 Å². The second-order valence-electron chi connectivity index (χ2n) is 7.55. The van der Waals surface area contributed by atoms with Crippen molar-refractivity contribution in [2.75, 3.05) is 0 Å². The van der Waals surface area contributed by atoms with Crippen molar-refractivity contribution in [2.24, 2.45) is 5.92 Å². The van der Waals surface area contributed by atoms with Crippen LogP contribution in [0.1, 0.15) is 55.2 Å². The minimum absolute atomic E-state index is 0.320. The van der Waals surface area contributed by atoms with Crippen molar-refractivity contribution in [3.05, 3.63) is 82.4 Å². The lowest BCUT2D eigenvalue weighted by Gasteiger charge is -2.31. The highest BCUT2D eigenvalue weighted by atomic mass is 35.5.